The lowest BCUT2D eigenvalue weighted by molar-refractivity contribution is 0.590. The van der Waals surface area contributed by atoms with Crippen molar-refractivity contribution in [2.24, 2.45) is 0 Å². The Labute approximate surface area is 659 Å². The van der Waals surface area contributed by atoms with E-state index in [0.29, 0.717) is 0 Å². The van der Waals surface area contributed by atoms with E-state index in [1.165, 1.54) is 55.3 Å². The van der Waals surface area contributed by atoms with Crippen LogP contribution in [0.15, 0.2) is 368 Å². The molecule has 1 aromatic heterocycles. The van der Waals surface area contributed by atoms with Crippen molar-refractivity contribution in [3.05, 3.63) is 381 Å². The molecular formula is C108H87BN2O. The minimum absolute atomic E-state index is 0.259. The van der Waals surface area contributed by atoms with E-state index in [4.69, 9.17) is 4.42 Å². The zero-order chi connectivity index (χ0) is 76.2. The van der Waals surface area contributed by atoms with Crippen molar-refractivity contribution in [3.63, 3.8) is 0 Å². The number of furan rings is 1. The highest BCUT2D eigenvalue weighted by Gasteiger charge is 2.47. The smallest absolute Gasteiger partial charge is 0.252 e. The molecule has 3 heterocycles. The second-order valence-corrected chi connectivity index (χ2v) is 33.6. The second-order valence-electron chi connectivity index (χ2n) is 33.6. The first-order chi connectivity index (χ1) is 54.4. The fourth-order valence-corrected chi connectivity index (χ4v) is 17.4. The molecule has 17 aromatic rings. The molecule has 0 N–H and O–H groups in total. The van der Waals surface area contributed by atoms with Gasteiger partial charge in [0.1, 0.15) is 11.2 Å². The minimum Gasteiger partial charge on any atom is -0.455 e. The van der Waals surface area contributed by atoms with Crippen LogP contribution in [0.1, 0.15) is 79.0 Å². The van der Waals surface area contributed by atoms with Crippen molar-refractivity contribution in [3.8, 4) is 111 Å². The van der Waals surface area contributed by atoms with Crippen LogP contribution in [0.5, 0.6) is 0 Å². The number of fused-ring (bicyclic) bond motifs is 7. The van der Waals surface area contributed by atoms with E-state index >= 15 is 0 Å². The molecule has 112 heavy (non-hydrogen) atoms. The van der Waals surface area contributed by atoms with Crippen molar-refractivity contribution in [2.75, 3.05) is 9.80 Å². The second kappa shape index (κ2) is 27.5. The third kappa shape index (κ3) is 12.4. The van der Waals surface area contributed by atoms with E-state index in [-0.39, 0.29) is 23.0 Å². The Morgan fingerprint density at radius 3 is 0.884 bits per heavy atom. The molecule has 0 bridgehead atoms. The summed E-state index contributed by atoms with van der Waals surface area (Å²) in [4.78, 5) is 5.46. The lowest BCUT2D eigenvalue weighted by Gasteiger charge is -2.47. The fraction of sp³-hybridized carbons (Fsp3) is 0.111. The topological polar surface area (TPSA) is 19.6 Å². The Hall–Kier alpha value is -13.0. The highest BCUT2D eigenvalue weighted by molar-refractivity contribution is 7.00. The number of rotatable bonds is 12. The van der Waals surface area contributed by atoms with Crippen molar-refractivity contribution in [2.45, 2.75) is 78.6 Å². The summed E-state index contributed by atoms with van der Waals surface area (Å²) < 4.78 is 7.06. The molecule has 2 aliphatic rings. The Bertz CT molecular complexity index is 6270. The zero-order valence-corrected chi connectivity index (χ0v) is 65.0. The van der Waals surface area contributed by atoms with E-state index < -0.39 is 0 Å². The van der Waals surface area contributed by atoms with Crippen LogP contribution < -0.4 is 26.2 Å². The van der Waals surface area contributed by atoms with Crippen LogP contribution in [0.4, 0.5) is 34.1 Å². The van der Waals surface area contributed by atoms with E-state index in [1.54, 1.807) is 0 Å². The van der Waals surface area contributed by atoms with Crippen LogP contribution in [0.3, 0.4) is 0 Å². The van der Waals surface area contributed by atoms with Gasteiger partial charge in [-0.3, -0.25) is 0 Å². The van der Waals surface area contributed by atoms with Gasteiger partial charge in [0.15, 0.2) is 0 Å². The highest BCUT2D eigenvalue weighted by Crippen LogP contribution is 2.56. The lowest BCUT2D eigenvalue weighted by Crippen LogP contribution is -2.61. The van der Waals surface area contributed by atoms with E-state index in [9.17, 15) is 0 Å². The van der Waals surface area contributed by atoms with Crippen LogP contribution in [0.2, 0.25) is 0 Å². The van der Waals surface area contributed by atoms with Crippen molar-refractivity contribution >= 4 is 79.2 Å². The first-order valence-electron chi connectivity index (χ1n) is 39.5. The van der Waals surface area contributed by atoms with E-state index in [2.05, 4.69) is 436 Å². The standard InChI is InChI=1S/C108H87BN2O/c1-106(2,3)85-64-91(80-46-27-42-75(58-80)70-32-15-10-16-33-70)103(92(65-85)81-47-28-43-76(59-81)71-34-17-11-18-35-71)110-97-56-54-79(74-40-23-14-24-41-74)62-95(97)109-96-63-84(88-51-31-52-90-89-50-25-26-53-101(89)112-105(88)90)55-57-98(96)111(100-69-87(108(7,8)9)68-99(110)102(100)109)104-93(82-48-29-44-77(60-82)72-36-19-12-20-37-72)66-86(107(4,5)6)67-94(104)83-49-30-45-78(61-83)73-38-21-13-22-39-73/h10-69H,1-9H3. The van der Waals surface area contributed by atoms with Crippen LogP contribution in [0, 0.1) is 0 Å². The first-order valence-corrected chi connectivity index (χ1v) is 39.5. The Morgan fingerprint density at radius 2 is 0.509 bits per heavy atom. The van der Waals surface area contributed by atoms with Crippen molar-refractivity contribution in [1.29, 1.82) is 0 Å². The van der Waals surface area contributed by atoms with Gasteiger partial charge in [-0.15, -0.1) is 0 Å². The summed E-state index contributed by atoms with van der Waals surface area (Å²) in [7, 11) is 0. The summed E-state index contributed by atoms with van der Waals surface area (Å²) in [5.74, 6) is 0. The van der Waals surface area contributed by atoms with Crippen LogP contribution in [-0.4, -0.2) is 6.71 Å². The normalized spacial score (nSPS) is 12.6. The van der Waals surface area contributed by atoms with Crippen molar-refractivity contribution in [1.82, 2.24) is 0 Å². The number of para-hydroxylation sites is 2. The van der Waals surface area contributed by atoms with Gasteiger partial charge in [0.25, 0.3) is 6.71 Å². The van der Waals surface area contributed by atoms with Gasteiger partial charge in [-0.25, -0.2) is 0 Å². The molecule has 0 unspecified atom stereocenters. The maximum Gasteiger partial charge on any atom is 0.252 e. The number of nitrogens with zero attached hydrogens (tertiary/aromatic N) is 2. The summed E-state index contributed by atoms with van der Waals surface area (Å²) in [6.07, 6.45) is 0. The van der Waals surface area contributed by atoms with Crippen LogP contribution in [-0.2, 0) is 16.2 Å². The summed E-state index contributed by atoms with van der Waals surface area (Å²) in [6.45, 7) is 21.1. The van der Waals surface area contributed by atoms with Gasteiger partial charge < -0.3 is 14.2 Å². The van der Waals surface area contributed by atoms with Gasteiger partial charge in [0.2, 0.25) is 0 Å². The molecule has 19 rings (SSSR count). The maximum atomic E-state index is 7.06. The largest absolute Gasteiger partial charge is 0.455 e. The predicted molar refractivity (Wildman–Crippen MR) is 478 cm³/mol. The fourth-order valence-electron chi connectivity index (χ4n) is 17.4. The number of benzene rings is 16. The number of anilines is 6. The molecule has 0 amide bonds. The molecule has 3 nitrogen and oxygen atoms in total. The van der Waals surface area contributed by atoms with E-state index in [0.717, 1.165) is 145 Å². The highest BCUT2D eigenvalue weighted by atomic mass is 16.3. The molecule has 16 aromatic carbocycles. The van der Waals surface area contributed by atoms with Gasteiger partial charge in [-0.1, -0.05) is 347 Å². The molecule has 0 radical (unpaired) electrons. The summed E-state index contributed by atoms with van der Waals surface area (Å²) in [5, 5.41) is 2.20. The molecule has 0 saturated heterocycles. The summed E-state index contributed by atoms with van der Waals surface area (Å²) in [6, 6.07) is 137. The van der Waals surface area contributed by atoms with Crippen LogP contribution >= 0.6 is 0 Å². The molecule has 4 heteroatoms. The van der Waals surface area contributed by atoms with Crippen molar-refractivity contribution < 1.29 is 4.42 Å². The molecule has 538 valence electrons. The lowest BCUT2D eigenvalue weighted by atomic mass is 9.33. The molecule has 0 saturated carbocycles. The molecular weight excluding hydrogens is 1350 g/mol. The Kier molecular flexibility index (Phi) is 17.1. The third-order valence-corrected chi connectivity index (χ3v) is 23.3. The Morgan fingerprint density at radius 1 is 0.223 bits per heavy atom. The monoisotopic (exact) mass is 1440 g/mol. The van der Waals surface area contributed by atoms with E-state index in [1.807, 2.05) is 0 Å². The molecule has 0 aliphatic carbocycles. The molecule has 2 aliphatic heterocycles. The summed E-state index contributed by atoms with van der Waals surface area (Å²) >= 11 is 0. The first kappa shape index (κ1) is 69.4. The Balaban J connectivity index is 0.996. The summed E-state index contributed by atoms with van der Waals surface area (Å²) in [5.41, 5.74) is 37.7. The maximum absolute atomic E-state index is 7.06. The number of hydrogen-bond donors (Lipinski definition) is 0. The molecule has 0 spiro atoms. The molecule has 0 atom stereocenters. The quantitative estimate of drug-likeness (QED) is 0.114. The van der Waals surface area contributed by atoms with Gasteiger partial charge >= 0.3 is 0 Å². The van der Waals surface area contributed by atoms with Gasteiger partial charge in [-0.05, 0) is 212 Å². The number of hydrogen-bond acceptors (Lipinski definition) is 3. The third-order valence-electron chi connectivity index (χ3n) is 23.3. The minimum atomic E-state index is -0.364. The SMILES string of the molecule is CC(C)(C)c1cc(-c2cccc(-c3ccccc3)c2)c(N2c3ccc(-c4ccccc4)cc3B3c4cc(-c5cccc6c5oc5ccccc56)ccc4N(c4c(-c5cccc(-c6ccccc6)c5)cc(C(C)(C)C)cc4-c4cccc(-c5ccccc5)c4)c4cc(C(C)(C)C)cc2c43)c(-c2cccc(-c3ccccc3)c2)c1. The van der Waals surface area contributed by atoms with Gasteiger partial charge in [0, 0.05) is 61.3 Å². The van der Waals surface area contributed by atoms with Gasteiger partial charge in [-0.2, -0.15) is 0 Å². The van der Waals surface area contributed by atoms with Crippen LogP contribution in [0.25, 0.3) is 133 Å². The average molecular weight is 1440 g/mol. The predicted octanol–water partition coefficient (Wildman–Crippen LogP) is 28.2. The van der Waals surface area contributed by atoms with Gasteiger partial charge in [0.05, 0.1) is 11.4 Å². The molecule has 0 fully saturated rings. The zero-order valence-electron chi connectivity index (χ0n) is 65.0. The average Bonchev–Trinajstić information content (AvgIpc) is 0.700.